The summed E-state index contributed by atoms with van der Waals surface area (Å²) in [5.74, 6) is -0.163. The third kappa shape index (κ3) is 2.83. The fourth-order valence-corrected chi connectivity index (χ4v) is 1.27. The first kappa shape index (κ1) is 12.3. The van der Waals surface area contributed by atoms with Gasteiger partial charge in [0.1, 0.15) is 0 Å². The Morgan fingerprint density at radius 3 is 2.88 bits per heavy atom. The summed E-state index contributed by atoms with van der Waals surface area (Å²) in [7, 11) is 3.86. The van der Waals surface area contributed by atoms with Gasteiger partial charge in [-0.05, 0) is 26.2 Å². The highest BCUT2D eigenvalue weighted by atomic mass is 16.4. The third-order valence-electron chi connectivity index (χ3n) is 2.19. The molecule has 0 saturated carbocycles. The lowest BCUT2D eigenvalue weighted by molar-refractivity contribution is 0.318. The second kappa shape index (κ2) is 5.32. The molecule has 0 saturated heterocycles. The van der Waals surface area contributed by atoms with Crippen LogP contribution >= 0.6 is 0 Å². The number of oxime groups is 1. The van der Waals surface area contributed by atoms with Gasteiger partial charge in [0.2, 0.25) is 0 Å². The average molecular weight is 224 g/mol. The molecule has 6 heteroatoms. The molecule has 0 aliphatic heterocycles. The van der Waals surface area contributed by atoms with Crippen molar-refractivity contribution < 1.29 is 5.21 Å². The summed E-state index contributed by atoms with van der Waals surface area (Å²) in [6.45, 7) is 1.32. The van der Waals surface area contributed by atoms with Crippen molar-refractivity contribution in [1.29, 1.82) is 0 Å². The minimum absolute atomic E-state index is 0.163. The Hall–Kier alpha value is -1.82. The van der Waals surface area contributed by atoms with Crippen molar-refractivity contribution in [2.45, 2.75) is 6.54 Å². The van der Waals surface area contributed by atoms with Crippen molar-refractivity contribution in [2.75, 3.05) is 20.6 Å². The van der Waals surface area contributed by atoms with Gasteiger partial charge in [0, 0.05) is 19.3 Å². The molecule has 0 fully saturated rings. The molecule has 1 rings (SSSR count). The van der Waals surface area contributed by atoms with Crippen LogP contribution in [0.15, 0.2) is 28.3 Å². The van der Waals surface area contributed by atoms with E-state index in [1.165, 1.54) is 10.6 Å². The minimum Gasteiger partial charge on any atom is -0.409 e. The molecule has 1 heterocycles. The maximum Gasteiger partial charge on any atom is 0.261 e. The lowest BCUT2D eigenvalue weighted by Crippen LogP contribution is -2.32. The predicted octanol–water partition coefficient (Wildman–Crippen LogP) is -0.496. The Morgan fingerprint density at radius 2 is 2.31 bits per heavy atom. The molecule has 0 aromatic carbocycles. The second-order valence-electron chi connectivity index (χ2n) is 3.71. The highest BCUT2D eigenvalue weighted by molar-refractivity contribution is 5.96. The van der Waals surface area contributed by atoms with Crippen LogP contribution in [0.4, 0.5) is 0 Å². The predicted molar refractivity (Wildman–Crippen MR) is 61.8 cm³/mol. The lowest BCUT2D eigenvalue weighted by atomic mass is 10.2. The number of amidine groups is 1. The highest BCUT2D eigenvalue weighted by Crippen LogP contribution is 1.92. The van der Waals surface area contributed by atoms with Crippen LogP contribution in [-0.2, 0) is 6.54 Å². The molecule has 0 spiro atoms. The second-order valence-corrected chi connectivity index (χ2v) is 3.71. The van der Waals surface area contributed by atoms with Gasteiger partial charge >= 0.3 is 0 Å². The quantitative estimate of drug-likeness (QED) is 0.313. The van der Waals surface area contributed by atoms with Crippen LogP contribution in [0.25, 0.3) is 0 Å². The fraction of sp³-hybridized carbons (Fsp3) is 0.400. The Kier molecular flexibility index (Phi) is 4.07. The van der Waals surface area contributed by atoms with Crippen molar-refractivity contribution in [1.82, 2.24) is 9.47 Å². The van der Waals surface area contributed by atoms with Gasteiger partial charge in [0.15, 0.2) is 5.84 Å². The van der Waals surface area contributed by atoms with Gasteiger partial charge in [-0.25, -0.2) is 0 Å². The van der Waals surface area contributed by atoms with Crippen LogP contribution in [0.1, 0.15) is 5.56 Å². The first-order valence-corrected chi connectivity index (χ1v) is 4.88. The topological polar surface area (TPSA) is 83.8 Å². The van der Waals surface area contributed by atoms with Gasteiger partial charge in [-0.2, -0.15) is 0 Å². The smallest absolute Gasteiger partial charge is 0.261 e. The number of likely N-dealkylation sites (N-methyl/N-ethyl adjacent to an activating group) is 1. The van der Waals surface area contributed by atoms with Gasteiger partial charge in [0.25, 0.3) is 5.56 Å². The minimum atomic E-state index is -0.250. The van der Waals surface area contributed by atoms with Gasteiger partial charge in [-0.3, -0.25) is 4.79 Å². The van der Waals surface area contributed by atoms with E-state index in [9.17, 15) is 4.79 Å². The van der Waals surface area contributed by atoms with Gasteiger partial charge in [-0.1, -0.05) is 5.16 Å². The zero-order valence-corrected chi connectivity index (χ0v) is 9.42. The summed E-state index contributed by atoms with van der Waals surface area (Å²) >= 11 is 0. The van der Waals surface area contributed by atoms with Crippen LogP contribution in [0.2, 0.25) is 0 Å². The molecular weight excluding hydrogens is 208 g/mol. The molecule has 16 heavy (non-hydrogen) atoms. The lowest BCUT2D eigenvalue weighted by Gasteiger charge is -2.11. The molecule has 0 unspecified atom stereocenters. The Morgan fingerprint density at radius 1 is 1.62 bits per heavy atom. The molecular formula is C10H16N4O2. The summed E-state index contributed by atoms with van der Waals surface area (Å²) in [4.78, 5) is 13.8. The molecule has 0 radical (unpaired) electrons. The monoisotopic (exact) mass is 224 g/mol. The summed E-state index contributed by atoms with van der Waals surface area (Å²) in [5.41, 5.74) is 5.36. The maximum absolute atomic E-state index is 11.9. The van der Waals surface area contributed by atoms with E-state index in [0.717, 1.165) is 6.54 Å². The van der Waals surface area contributed by atoms with Gasteiger partial charge in [0.05, 0.1) is 5.56 Å². The van der Waals surface area contributed by atoms with Crippen LogP contribution < -0.4 is 11.3 Å². The zero-order chi connectivity index (χ0) is 12.1. The van der Waals surface area contributed by atoms with Crippen molar-refractivity contribution in [3.8, 4) is 0 Å². The van der Waals surface area contributed by atoms with Crippen LogP contribution in [0.5, 0.6) is 0 Å². The average Bonchev–Trinajstić information content (AvgIpc) is 2.26. The molecule has 0 amide bonds. The van der Waals surface area contributed by atoms with Crippen molar-refractivity contribution >= 4 is 5.84 Å². The van der Waals surface area contributed by atoms with Gasteiger partial charge < -0.3 is 20.4 Å². The van der Waals surface area contributed by atoms with Crippen molar-refractivity contribution in [2.24, 2.45) is 10.9 Å². The van der Waals surface area contributed by atoms with Crippen molar-refractivity contribution in [3.05, 3.63) is 34.2 Å². The van der Waals surface area contributed by atoms with E-state index < -0.39 is 0 Å². The van der Waals surface area contributed by atoms with Crippen LogP contribution in [-0.4, -0.2) is 41.1 Å². The fourth-order valence-electron chi connectivity index (χ4n) is 1.27. The van der Waals surface area contributed by atoms with E-state index in [-0.39, 0.29) is 17.0 Å². The third-order valence-corrected chi connectivity index (χ3v) is 2.19. The SMILES string of the molecule is CN(C)CCn1cccc(/C(N)=N/O)c1=O. The standard InChI is InChI=1S/C10H16N4O2/c1-13(2)6-7-14-5-3-4-8(10(14)15)9(11)12-16/h3-5,16H,6-7H2,1-2H3,(H2,11,12). The molecule has 1 aromatic heterocycles. The Labute approximate surface area is 93.6 Å². The van der Waals surface area contributed by atoms with E-state index in [1.807, 2.05) is 19.0 Å². The maximum atomic E-state index is 11.9. The first-order chi connectivity index (χ1) is 7.56. The normalized spacial score (nSPS) is 12.1. The molecule has 1 aromatic rings. The largest absolute Gasteiger partial charge is 0.409 e. The molecule has 88 valence electrons. The number of aromatic nitrogens is 1. The summed E-state index contributed by atoms with van der Waals surface area (Å²) < 4.78 is 1.54. The van der Waals surface area contributed by atoms with Crippen molar-refractivity contribution in [3.63, 3.8) is 0 Å². The molecule has 0 bridgehead atoms. The van der Waals surface area contributed by atoms with E-state index in [2.05, 4.69) is 5.16 Å². The number of hydrogen-bond donors (Lipinski definition) is 2. The Balaban J connectivity index is 3.00. The van der Waals surface area contributed by atoms with Gasteiger partial charge in [-0.15, -0.1) is 0 Å². The number of nitrogens with zero attached hydrogens (tertiary/aromatic N) is 3. The summed E-state index contributed by atoms with van der Waals surface area (Å²) in [6, 6.07) is 3.23. The van der Waals surface area contributed by atoms with E-state index in [0.29, 0.717) is 6.54 Å². The van der Waals surface area contributed by atoms with Crippen LogP contribution in [0.3, 0.4) is 0 Å². The van der Waals surface area contributed by atoms with E-state index in [4.69, 9.17) is 10.9 Å². The molecule has 0 aliphatic carbocycles. The molecule has 0 atom stereocenters. The number of pyridine rings is 1. The zero-order valence-electron chi connectivity index (χ0n) is 9.42. The van der Waals surface area contributed by atoms with Crippen LogP contribution in [0, 0.1) is 0 Å². The number of nitrogens with two attached hydrogens (primary N) is 1. The first-order valence-electron chi connectivity index (χ1n) is 4.88. The molecule has 6 nitrogen and oxygen atoms in total. The Bertz CT molecular complexity index is 437. The highest BCUT2D eigenvalue weighted by Gasteiger charge is 2.07. The van der Waals surface area contributed by atoms with E-state index in [1.54, 1.807) is 12.3 Å². The molecule has 0 aliphatic rings. The summed E-state index contributed by atoms with van der Waals surface area (Å²) in [6.07, 6.45) is 1.68. The summed E-state index contributed by atoms with van der Waals surface area (Å²) in [5, 5.41) is 11.4. The van der Waals surface area contributed by atoms with E-state index >= 15 is 0 Å². The number of rotatable bonds is 4. The molecule has 3 N–H and O–H groups in total. The number of hydrogen-bond acceptors (Lipinski definition) is 4.